The van der Waals surface area contributed by atoms with Gasteiger partial charge in [-0.15, -0.1) is 0 Å². The lowest BCUT2D eigenvalue weighted by Crippen LogP contribution is -2.11. The van der Waals surface area contributed by atoms with Gasteiger partial charge in [0.2, 0.25) is 0 Å². The second-order valence-electron chi connectivity index (χ2n) is 4.90. The fourth-order valence-corrected chi connectivity index (χ4v) is 2.31. The van der Waals surface area contributed by atoms with Crippen molar-refractivity contribution in [3.8, 4) is 5.75 Å². The predicted octanol–water partition coefficient (Wildman–Crippen LogP) is 4.00. The maximum atomic E-state index is 10.2. The highest BCUT2D eigenvalue weighted by Gasteiger charge is 2.21. The lowest BCUT2D eigenvalue weighted by molar-refractivity contribution is 0.451. The van der Waals surface area contributed by atoms with Gasteiger partial charge in [-0.05, 0) is 17.5 Å². The van der Waals surface area contributed by atoms with Crippen molar-refractivity contribution in [2.24, 2.45) is 0 Å². The van der Waals surface area contributed by atoms with Crippen LogP contribution in [-0.4, -0.2) is 10.1 Å². The quantitative estimate of drug-likeness (QED) is 0.791. The number of aromatic hydroxyl groups is 1. The third kappa shape index (κ3) is 1.80. The van der Waals surface area contributed by atoms with Crippen LogP contribution in [0.2, 0.25) is 0 Å². The van der Waals surface area contributed by atoms with Crippen LogP contribution in [0.15, 0.2) is 28.9 Å². The topological polar surface area (TPSA) is 33.1 Å². The Morgan fingerprint density at radius 1 is 1.31 bits per heavy atom. The van der Waals surface area contributed by atoms with E-state index in [-0.39, 0.29) is 11.2 Å². The van der Waals surface area contributed by atoms with Crippen molar-refractivity contribution in [3.05, 3.63) is 34.4 Å². The Morgan fingerprint density at radius 2 is 2.00 bits per heavy atom. The molecule has 0 atom stereocenters. The highest BCUT2D eigenvalue weighted by Crippen LogP contribution is 2.38. The smallest absolute Gasteiger partial charge is 0.145 e. The summed E-state index contributed by atoms with van der Waals surface area (Å²) in [4.78, 5) is 4.24. The molecule has 1 heterocycles. The first kappa shape index (κ1) is 11.4. The molecule has 0 bridgehead atoms. The van der Waals surface area contributed by atoms with Gasteiger partial charge in [-0.1, -0.05) is 42.8 Å². The molecule has 0 radical (unpaired) electrons. The van der Waals surface area contributed by atoms with Crippen LogP contribution in [0.3, 0.4) is 0 Å². The van der Waals surface area contributed by atoms with E-state index in [0.29, 0.717) is 5.52 Å². The molecule has 0 aliphatic carbocycles. The average molecular weight is 280 g/mol. The average Bonchev–Trinajstić information content (AvgIpc) is 2.22. The van der Waals surface area contributed by atoms with Crippen molar-refractivity contribution >= 4 is 26.8 Å². The second-order valence-corrected chi connectivity index (χ2v) is 5.76. The monoisotopic (exact) mass is 279 g/mol. The molecule has 1 aromatic carbocycles. The lowest BCUT2D eigenvalue weighted by Gasteiger charge is -2.21. The minimum absolute atomic E-state index is 0.0989. The molecule has 0 aliphatic heterocycles. The van der Waals surface area contributed by atoms with Gasteiger partial charge >= 0.3 is 0 Å². The molecule has 0 saturated heterocycles. The molecule has 0 spiro atoms. The van der Waals surface area contributed by atoms with E-state index in [0.717, 1.165) is 15.4 Å². The van der Waals surface area contributed by atoms with E-state index in [2.05, 4.69) is 41.7 Å². The maximum absolute atomic E-state index is 10.2. The molecule has 84 valence electrons. The van der Waals surface area contributed by atoms with Gasteiger partial charge in [0.05, 0.1) is 0 Å². The van der Waals surface area contributed by atoms with E-state index in [4.69, 9.17) is 0 Å². The number of nitrogens with zero attached hydrogens (tertiary/aromatic N) is 1. The first-order valence-corrected chi connectivity index (χ1v) is 5.97. The number of halogens is 1. The minimum Gasteiger partial charge on any atom is -0.505 e. The van der Waals surface area contributed by atoms with Gasteiger partial charge in [-0.3, -0.25) is 4.98 Å². The fourth-order valence-electron chi connectivity index (χ4n) is 1.76. The van der Waals surface area contributed by atoms with Crippen LogP contribution < -0.4 is 0 Å². The molecule has 1 aromatic heterocycles. The van der Waals surface area contributed by atoms with Crippen LogP contribution in [0.25, 0.3) is 10.9 Å². The molecule has 0 aliphatic rings. The zero-order valence-electron chi connectivity index (χ0n) is 9.58. The Kier molecular flexibility index (Phi) is 2.66. The third-order valence-electron chi connectivity index (χ3n) is 2.62. The number of aromatic nitrogens is 1. The Hall–Kier alpha value is -1.09. The van der Waals surface area contributed by atoms with Crippen LogP contribution in [0.4, 0.5) is 0 Å². The van der Waals surface area contributed by atoms with Crippen LogP contribution in [-0.2, 0) is 5.41 Å². The Morgan fingerprint density at radius 3 is 2.62 bits per heavy atom. The first-order chi connectivity index (χ1) is 7.41. The van der Waals surface area contributed by atoms with Gasteiger partial charge in [0.25, 0.3) is 0 Å². The highest BCUT2D eigenvalue weighted by molar-refractivity contribution is 9.10. The van der Waals surface area contributed by atoms with E-state index >= 15 is 0 Å². The number of phenols is 1. The summed E-state index contributed by atoms with van der Waals surface area (Å²) in [6.45, 7) is 6.22. The van der Waals surface area contributed by atoms with Gasteiger partial charge in [0.15, 0.2) is 0 Å². The van der Waals surface area contributed by atoms with Crippen LogP contribution in [0.5, 0.6) is 5.75 Å². The summed E-state index contributed by atoms with van der Waals surface area (Å²) in [7, 11) is 0. The SMILES string of the molecule is CC(C)(C)c1cc(Br)c2cccnc2c1O. The van der Waals surface area contributed by atoms with Gasteiger partial charge < -0.3 is 5.11 Å². The van der Waals surface area contributed by atoms with Crippen LogP contribution >= 0.6 is 15.9 Å². The van der Waals surface area contributed by atoms with Crippen LogP contribution in [0, 0.1) is 0 Å². The van der Waals surface area contributed by atoms with Crippen molar-refractivity contribution in [3.63, 3.8) is 0 Å². The molecule has 1 N–H and O–H groups in total. The summed E-state index contributed by atoms with van der Waals surface area (Å²) in [6, 6.07) is 5.78. The van der Waals surface area contributed by atoms with E-state index in [1.165, 1.54) is 0 Å². The summed E-state index contributed by atoms with van der Waals surface area (Å²) in [5, 5.41) is 11.2. The summed E-state index contributed by atoms with van der Waals surface area (Å²) in [6.07, 6.45) is 1.70. The summed E-state index contributed by atoms with van der Waals surface area (Å²) in [5.74, 6) is 0.284. The van der Waals surface area contributed by atoms with Crippen molar-refractivity contribution in [1.29, 1.82) is 0 Å². The number of hydrogen-bond acceptors (Lipinski definition) is 2. The molecule has 2 nitrogen and oxygen atoms in total. The summed E-state index contributed by atoms with van der Waals surface area (Å²) in [5.41, 5.74) is 1.46. The van der Waals surface area contributed by atoms with Crippen molar-refractivity contribution < 1.29 is 5.11 Å². The zero-order chi connectivity index (χ0) is 11.9. The van der Waals surface area contributed by atoms with E-state index in [1.54, 1.807) is 6.20 Å². The molecule has 16 heavy (non-hydrogen) atoms. The standard InChI is InChI=1S/C13H14BrNO/c1-13(2,3)9-7-10(14)8-5-4-6-15-11(8)12(9)16/h4-7,16H,1-3H3. The largest absolute Gasteiger partial charge is 0.505 e. The summed E-state index contributed by atoms with van der Waals surface area (Å²) >= 11 is 3.52. The van der Waals surface area contributed by atoms with Crippen molar-refractivity contribution in [2.75, 3.05) is 0 Å². The second kappa shape index (κ2) is 3.74. The number of benzene rings is 1. The number of pyridine rings is 1. The normalized spacial score (nSPS) is 12.0. The number of hydrogen-bond donors (Lipinski definition) is 1. The number of fused-ring (bicyclic) bond motifs is 1. The summed E-state index contributed by atoms with van der Waals surface area (Å²) < 4.78 is 0.971. The van der Waals surface area contributed by atoms with E-state index < -0.39 is 0 Å². The van der Waals surface area contributed by atoms with Gasteiger partial charge in [-0.25, -0.2) is 0 Å². The molecule has 3 heteroatoms. The van der Waals surface area contributed by atoms with Gasteiger partial charge in [0.1, 0.15) is 11.3 Å². The highest BCUT2D eigenvalue weighted by atomic mass is 79.9. The maximum Gasteiger partial charge on any atom is 0.145 e. The van der Waals surface area contributed by atoms with E-state index in [1.807, 2.05) is 18.2 Å². The molecule has 0 fully saturated rings. The first-order valence-electron chi connectivity index (χ1n) is 5.18. The predicted molar refractivity (Wildman–Crippen MR) is 69.8 cm³/mol. The number of rotatable bonds is 0. The fraction of sp³-hybridized carbons (Fsp3) is 0.308. The van der Waals surface area contributed by atoms with Crippen LogP contribution in [0.1, 0.15) is 26.3 Å². The third-order valence-corrected chi connectivity index (χ3v) is 3.28. The Bertz CT molecular complexity index is 543. The van der Waals surface area contributed by atoms with Gasteiger partial charge in [-0.2, -0.15) is 0 Å². The molecule has 2 aromatic rings. The van der Waals surface area contributed by atoms with Crippen molar-refractivity contribution in [2.45, 2.75) is 26.2 Å². The Labute approximate surface area is 103 Å². The minimum atomic E-state index is -0.0989. The van der Waals surface area contributed by atoms with Gasteiger partial charge in [0, 0.05) is 21.6 Å². The molecule has 2 rings (SSSR count). The number of phenolic OH excluding ortho intramolecular Hbond substituents is 1. The lowest BCUT2D eigenvalue weighted by atomic mass is 9.85. The molecule has 0 amide bonds. The van der Waals surface area contributed by atoms with Crippen molar-refractivity contribution in [1.82, 2.24) is 4.98 Å². The molecule has 0 saturated carbocycles. The zero-order valence-corrected chi connectivity index (χ0v) is 11.2. The molecular formula is C13H14BrNO. The van der Waals surface area contributed by atoms with E-state index in [9.17, 15) is 5.11 Å². The molecular weight excluding hydrogens is 266 g/mol. The molecule has 0 unspecified atom stereocenters. The Balaban J connectivity index is 2.86.